The van der Waals surface area contributed by atoms with E-state index >= 15 is 0 Å². The molecule has 2 aromatic carbocycles. The average molecular weight is 459 g/mol. The van der Waals surface area contributed by atoms with Crippen LogP contribution < -0.4 is 5.32 Å². The predicted molar refractivity (Wildman–Crippen MR) is 92.7 cm³/mol. The van der Waals surface area contributed by atoms with Gasteiger partial charge in [0.25, 0.3) is 0 Å². The molecule has 0 aliphatic rings. The van der Waals surface area contributed by atoms with Gasteiger partial charge in [-0.15, -0.1) is 0 Å². The Hall–Kier alpha value is -0.830. The Labute approximate surface area is 143 Å². The Kier molecular flexibility index (Phi) is 5.25. The van der Waals surface area contributed by atoms with Crippen LogP contribution in [0.25, 0.3) is 0 Å². The minimum Gasteiger partial charge on any atom is -0.377 e. The number of nitrogens with one attached hydrogen (secondary N) is 1. The van der Waals surface area contributed by atoms with E-state index in [1.807, 2.05) is 36.4 Å². The van der Waals surface area contributed by atoms with Crippen LogP contribution in [0.15, 0.2) is 49.8 Å². The zero-order chi connectivity index (χ0) is 14.7. The second-order valence-electron chi connectivity index (χ2n) is 4.35. The summed E-state index contributed by atoms with van der Waals surface area (Å²) in [5.74, 6) is 0. The van der Waals surface area contributed by atoms with Gasteiger partial charge in [0.2, 0.25) is 0 Å². The number of anilines is 1. The lowest BCUT2D eigenvalue weighted by Gasteiger charge is -2.18. The van der Waals surface area contributed by atoms with Gasteiger partial charge in [-0.25, -0.2) is 0 Å². The molecule has 0 spiro atoms. The Morgan fingerprint density at radius 2 is 1.75 bits per heavy atom. The Balaban J connectivity index is 2.28. The fraction of sp³-hybridized carbons (Fsp3) is 0.133. The first-order chi connectivity index (χ1) is 9.51. The lowest BCUT2D eigenvalue weighted by Crippen LogP contribution is -2.08. The van der Waals surface area contributed by atoms with E-state index in [-0.39, 0.29) is 6.04 Å². The third-order valence-corrected chi connectivity index (χ3v) is 4.59. The molecule has 1 atom stereocenters. The van der Waals surface area contributed by atoms with E-state index < -0.39 is 0 Å². The molecular formula is C15H11Br3N2. The normalized spacial score (nSPS) is 11.8. The van der Waals surface area contributed by atoms with Crippen molar-refractivity contribution < 1.29 is 0 Å². The van der Waals surface area contributed by atoms with Crippen molar-refractivity contribution in [3.8, 4) is 6.07 Å². The van der Waals surface area contributed by atoms with Crippen molar-refractivity contribution in [1.82, 2.24) is 0 Å². The van der Waals surface area contributed by atoms with Crippen LogP contribution in [0, 0.1) is 11.3 Å². The van der Waals surface area contributed by atoms with Gasteiger partial charge >= 0.3 is 0 Å². The molecular weight excluding hydrogens is 448 g/mol. The smallest absolute Gasteiger partial charge is 0.0991 e. The van der Waals surface area contributed by atoms with Gasteiger partial charge in [0.05, 0.1) is 17.3 Å². The second-order valence-corrected chi connectivity index (χ2v) is 6.97. The third-order valence-electron chi connectivity index (χ3n) is 2.88. The largest absolute Gasteiger partial charge is 0.377 e. The van der Waals surface area contributed by atoms with Gasteiger partial charge in [-0.05, 0) is 68.6 Å². The van der Waals surface area contributed by atoms with Crippen LogP contribution in [-0.4, -0.2) is 0 Å². The molecule has 2 aromatic rings. The predicted octanol–water partition coefficient (Wildman–Crippen LogP) is 6.02. The highest BCUT2D eigenvalue weighted by Gasteiger charge is 2.11. The minimum absolute atomic E-state index is 0.0945. The summed E-state index contributed by atoms with van der Waals surface area (Å²) < 4.78 is 2.95. The average Bonchev–Trinajstić information content (AvgIpc) is 2.42. The number of halogens is 3. The number of hydrogen-bond donors (Lipinski definition) is 1. The number of benzene rings is 2. The maximum Gasteiger partial charge on any atom is 0.0991 e. The number of hydrogen-bond acceptors (Lipinski definition) is 2. The standard InChI is InChI=1S/C15H11Br3N2/c1-9(11-4-2-3-10(5-11)8-19)20-15-13(17)6-12(16)7-14(15)18/h2-7,9,20H,1H3. The van der Waals surface area contributed by atoms with Crippen LogP contribution in [-0.2, 0) is 0 Å². The number of nitriles is 1. The first kappa shape index (κ1) is 15.6. The molecule has 1 unspecified atom stereocenters. The summed E-state index contributed by atoms with van der Waals surface area (Å²) in [7, 11) is 0. The van der Waals surface area contributed by atoms with E-state index in [1.54, 1.807) is 0 Å². The van der Waals surface area contributed by atoms with Crippen molar-refractivity contribution >= 4 is 53.5 Å². The molecule has 2 nitrogen and oxygen atoms in total. The van der Waals surface area contributed by atoms with Crippen molar-refractivity contribution in [3.63, 3.8) is 0 Å². The van der Waals surface area contributed by atoms with Crippen molar-refractivity contribution in [2.24, 2.45) is 0 Å². The highest BCUT2D eigenvalue weighted by Crippen LogP contribution is 2.36. The van der Waals surface area contributed by atoms with Crippen LogP contribution in [0.3, 0.4) is 0 Å². The molecule has 20 heavy (non-hydrogen) atoms. The van der Waals surface area contributed by atoms with Crippen LogP contribution in [0.2, 0.25) is 0 Å². The lowest BCUT2D eigenvalue weighted by molar-refractivity contribution is 0.881. The molecule has 0 aliphatic carbocycles. The maximum atomic E-state index is 8.96. The first-order valence-electron chi connectivity index (χ1n) is 5.92. The van der Waals surface area contributed by atoms with Crippen LogP contribution in [0.4, 0.5) is 5.69 Å². The summed E-state index contributed by atoms with van der Waals surface area (Å²) in [6.45, 7) is 2.07. The van der Waals surface area contributed by atoms with Gasteiger partial charge in [0.15, 0.2) is 0 Å². The van der Waals surface area contributed by atoms with E-state index in [4.69, 9.17) is 5.26 Å². The Morgan fingerprint density at radius 1 is 1.10 bits per heavy atom. The lowest BCUT2D eigenvalue weighted by atomic mass is 10.1. The molecule has 0 saturated heterocycles. The number of nitrogens with zero attached hydrogens (tertiary/aromatic N) is 1. The maximum absolute atomic E-state index is 8.96. The van der Waals surface area contributed by atoms with E-state index in [2.05, 4.69) is 66.1 Å². The van der Waals surface area contributed by atoms with Crippen LogP contribution in [0.5, 0.6) is 0 Å². The quantitative estimate of drug-likeness (QED) is 0.610. The molecule has 0 amide bonds. The monoisotopic (exact) mass is 456 g/mol. The second kappa shape index (κ2) is 6.75. The van der Waals surface area contributed by atoms with Crippen molar-refractivity contribution in [2.75, 3.05) is 5.32 Å². The fourth-order valence-corrected chi connectivity index (χ4v) is 4.35. The highest BCUT2D eigenvalue weighted by atomic mass is 79.9. The molecule has 0 fully saturated rings. The van der Waals surface area contributed by atoms with Crippen LogP contribution >= 0.6 is 47.8 Å². The van der Waals surface area contributed by atoms with Gasteiger partial charge < -0.3 is 5.32 Å². The van der Waals surface area contributed by atoms with Gasteiger partial charge in [0, 0.05) is 19.5 Å². The summed E-state index contributed by atoms with van der Waals surface area (Å²) in [4.78, 5) is 0. The van der Waals surface area contributed by atoms with Crippen molar-refractivity contribution in [3.05, 3.63) is 60.9 Å². The fourth-order valence-electron chi connectivity index (χ4n) is 1.86. The Morgan fingerprint density at radius 3 is 2.35 bits per heavy atom. The van der Waals surface area contributed by atoms with E-state index in [9.17, 15) is 0 Å². The van der Waals surface area contributed by atoms with Crippen LogP contribution in [0.1, 0.15) is 24.1 Å². The molecule has 0 saturated carbocycles. The SMILES string of the molecule is CC(Nc1c(Br)cc(Br)cc1Br)c1cccc(C#N)c1. The zero-order valence-electron chi connectivity index (χ0n) is 10.6. The summed E-state index contributed by atoms with van der Waals surface area (Å²) in [6.07, 6.45) is 0. The molecule has 0 heterocycles. The zero-order valence-corrected chi connectivity index (χ0v) is 15.4. The van der Waals surface area contributed by atoms with E-state index in [1.165, 1.54) is 0 Å². The van der Waals surface area contributed by atoms with E-state index in [0.717, 1.165) is 24.7 Å². The molecule has 5 heteroatoms. The first-order valence-corrected chi connectivity index (χ1v) is 8.30. The molecule has 0 aromatic heterocycles. The van der Waals surface area contributed by atoms with Crippen molar-refractivity contribution in [1.29, 1.82) is 5.26 Å². The van der Waals surface area contributed by atoms with Gasteiger partial charge in [0.1, 0.15) is 0 Å². The van der Waals surface area contributed by atoms with Gasteiger partial charge in [-0.1, -0.05) is 28.1 Å². The third kappa shape index (κ3) is 3.63. The van der Waals surface area contributed by atoms with Gasteiger partial charge in [-0.2, -0.15) is 5.26 Å². The minimum atomic E-state index is 0.0945. The molecule has 0 aliphatic heterocycles. The summed E-state index contributed by atoms with van der Waals surface area (Å²) in [5.41, 5.74) is 2.74. The molecule has 102 valence electrons. The van der Waals surface area contributed by atoms with Gasteiger partial charge in [-0.3, -0.25) is 0 Å². The highest BCUT2D eigenvalue weighted by molar-refractivity contribution is 9.11. The molecule has 0 bridgehead atoms. The molecule has 0 radical (unpaired) electrons. The number of rotatable bonds is 3. The molecule has 2 rings (SSSR count). The van der Waals surface area contributed by atoms with E-state index in [0.29, 0.717) is 5.56 Å². The summed E-state index contributed by atoms with van der Waals surface area (Å²) in [5, 5.41) is 12.4. The summed E-state index contributed by atoms with van der Waals surface area (Å²) >= 11 is 10.6. The summed E-state index contributed by atoms with van der Waals surface area (Å²) in [6, 6.07) is 13.9. The molecule has 1 N–H and O–H groups in total. The van der Waals surface area contributed by atoms with Crippen molar-refractivity contribution in [2.45, 2.75) is 13.0 Å². The Bertz CT molecular complexity index is 654. The topological polar surface area (TPSA) is 35.8 Å².